The van der Waals surface area contributed by atoms with Crippen LogP contribution in [0.4, 0.5) is 10.1 Å². The second-order valence-corrected chi connectivity index (χ2v) is 4.19. The third-order valence-corrected chi connectivity index (χ3v) is 2.73. The minimum Gasteiger partial charge on any atom is -0.368 e. The van der Waals surface area contributed by atoms with Gasteiger partial charge in [-0.1, -0.05) is 25.5 Å². The smallest absolute Gasteiger partial charge is 0.236 e. The van der Waals surface area contributed by atoms with Crippen molar-refractivity contribution in [3.05, 3.63) is 29.6 Å². The van der Waals surface area contributed by atoms with Gasteiger partial charge in [-0.15, -0.1) is 0 Å². The molecule has 4 nitrogen and oxygen atoms in total. The number of anilines is 1. The van der Waals surface area contributed by atoms with Crippen molar-refractivity contribution in [3.8, 4) is 0 Å². The van der Waals surface area contributed by atoms with Crippen LogP contribution in [0, 0.1) is 5.82 Å². The minimum atomic E-state index is -0.475. The molecule has 5 heteroatoms. The molecule has 0 bridgehead atoms. The van der Waals surface area contributed by atoms with Crippen molar-refractivity contribution in [2.24, 2.45) is 11.5 Å². The molecule has 0 fully saturated rings. The number of unbranched alkanes of at least 4 members (excludes halogenated alkanes) is 1. The summed E-state index contributed by atoms with van der Waals surface area (Å²) in [4.78, 5) is 12.8. The third kappa shape index (κ3) is 3.70. The molecule has 18 heavy (non-hydrogen) atoms. The number of carbonyl (C=O) groups is 1. The number of halogens is 1. The van der Waals surface area contributed by atoms with Crippen LogP contribution in [-0.2, 0) is 11.3 Å². The number of amides is 1. The predicted molar refractivity (Wildman–Crippen MR) is 70.6 cm³/mol. The Balaban J connectivity index is 3.06. The van der Waals surface area contributed by atoms with Gasteiger partial charge in [0.15, 0.2) is 0 Å². The normalized spacial score (nSPS) is 10.4. The van der Waals surface area contributed by atoms with E-state index in [-0.39, 0.29) is 18.9 Å². The van der Waals surface area contributed by atoms with E-state index >= 15 is 0 Å². The van der Waals surface area contributed by atoms with Crippen molar-refractivity contribution in [2.75, 3.05) is 18.0 Å². The number of nitrogens with zero attached hydrogens (tertiary/aromatic N) is 1. The largest absolute Gasteiger partial charge is 0.368 e. The summed E-state index contributed by atoms with van der Waals surface area (Å²) < 4.78 is 13.9. The second-order valence-electron chi connectivity index (χ2n) is 4.19. The van der Waals surface area contributed by atoms with Gasteiger partial charge in [0.1, 0.15) is 5.82 Å². The maximum absolute atomic E-state index is 13.9. The molecule has 1 aromatic carbocycles. The van der Waals surface area contributed by atoms with E-state index in [9.17, 15) is 9.18 Å². The highest BCUT2D eigenvalue weighted by Crippen LogP contribution is 2.24. The summed E-state index contributed by atoms with van der Waals surface area (Å²) in [5.41, 5.74) is 11.9. The van der Waals surface area contributed by atoms with Gasteiger partial charge in [0.2, 0.25) is 5.91 Å². The molecule has 0 aromatic heterocycles. The zero-order valence-electron chi connectivity index (χ0n) is 10.7. The highest BCUT2D eigenvalue weighted by atomic mass is 19.1. The van der Waals surface area contributed by atoms with E-state index in [4.69, 9.17) is 11.5 Å². The van der Waals surface area contributed by atoms with Gasteiger partial charge in [-0.25, -0.2) is 4.39 Å². The van der Waals surface area contributed by atoms with E-state index in [1.807, 2.05) is 6.92 Å². The van der Waals surface area contributed by atoms with Crippen LogP contribution in [0.3, 0.4) is 0 Å². The molecule has 0 spiro atoms. The molecule has 0 saturated heterocycles. The number of nitrogens with two attached hydrogens (primary N) is 2. The minimum absolute atomic E-state index is 0.00787. The van der Waals surface area contributed by atoms with Crippen LogP contribution in [0.1, 0.15) is 25.3 Å². The lowest BCUT2D eigenvalue weighted by atomic mass is 10.1. The molecule has 4 N–H and O–H groups in total. The highest BCUT2D eigenvalue weighted by molar-refractivity contribution is 5.80. The van der Waals surface area contributed by atoms with Crippen LogP contribution < -0.4 is 16.4 Å². The van der Waals surface area contributed by atoms with Crippen LogP contribution in [0.25, 0.3) is 0 Å². The van der Waals surface area contributed by atoms with Gasteiger partial charge in [0, 0.05) is 13.1 Å². The van der Waals surface area contributed by atoms with E-state index in [1.54, 1.807) is 17.0 Å². The first kappa shape index (κ1) is 14.4. The maximum atomic E-state index is 13.9. The predicted octanol–water partition coefficient (Wildman–Crippen LogP) is 1.38. The summed E-state index contributed by atoms with van der Waals surface area (Å²) in [7, 11) is 0. The van der Waals surface area contributed by atoms with E-state index in [2.05, 4.69) is 0 Å². The Morgan fingerprint density at radius 2 is 2.17 bits per heavy atom. The Kier molecular flexibility index (Phi) is 5.58. The number of para-hydroxylation sites is 1. The summed E-state index contributed by atoms with van der Waals surface area (Å²) in [6.45, 7) is 2.86. The highest BCUT2D eigenvalue weighted by Gasteiger charge is 2.16. The molecule has 100 valence electrons. The number of hydrogen-bond donors (Lipinski definition) is 2. The zero-order valence-corrected chi connectivity index (χ0v) is 10.7. The Labute approximate surface area is 107 Å². The quantitative estimate of drug-likeness (QED) is 0.771. The Bertz CT molecular complexity index is 409. The molecule has 0 unspecified atom stereocenters. The van der Waals surface area contributed by atoms with Crippen LogP contribution in [-0.4, -0.2) is 19.0 Å². The topological polar surface area (TPSA) is 72.3 Å². The summed E-state index contributed by atoms with van der Waals surface area (Å²) in [5.74, 6) is -0.840. The van der Waals surface area contributed by atoms with Gasteiger partial charge in [-0.3, -0.25) is 4.79 Å². The first-order chi connectivity index (χ1) is 8.60. The molecule has 0 saturated carbocycles. The van der Waals surface area contributed by atoms with Crippen LogP contribution in [0.5, 0.6) is 0 Å². The summed E-state index contributed by atoms with van der Waals surface area (Å²) in [6.07, 6.45) is 1.83. The van der Waals surface area contributed by atoms with E-state index < -0.39 is 5.91 Å². The fourth-order valence-electron chi connectivity index (χ4n) is 1.89. The molecule has 0 aliphatic carbocycles. The Hall–Kier alpha value is -1.62. The van der Waals surface area contributed by atoms with Crippen LogP contribution in [0.15, 0.2) is 18.2 Å². The van der Waals surface area contributed by atoms with Crippen molar-refractivity contribution in [3.63, 3.8) is 0 Å². The average molecular weight is 253 g/mol. The summed E-state index contributed by atoms with van der Waals surface area (Å²) in [5, 5.41) is 0. The summed E-state index contributed by atoms with van der Waals surface area (Å²) >= 11 is 0. The Morgan fingerprint density at radius 1 is 1.44 bits per heavy atom. The second kappa shape index (κ2) is 6.96. The number of hydrogen-bond acceptors (Lipinski definition) is 3. The monoisotopic (exact) mass is 253 g/mol. The van der Waals surface area contributed by atoms with E-state index in [1.165, 1.54) is 6.07 Å². The van der Waals surface area contributed by atoms with E-state index in [0.29, 0.717) is 17.8 Å². The van der Waals surface area contributed by atoms with Crippen molar-refractivity contribution in [1.29, 1.82) is 0 Å². The molecular formula is C13H20FN3O. The maximum Gasteiger partial charge on any atom is 0.236 e. The Morgan fingerprint density at radius 3 is 2.72 bits per heavy atom. The van der Waals surface area contributed by atoms with Gasteiger partial charge < -0.3 is 16.4 Å². The molecule has 0 aliphatic heterocycles. The van der Waals surface area contributed by atoms with Crippen molar-refractivity contribution in [1.82, 2.24) is 0 Å². The standard InChI is InChI=1S/C13H20FN3O/c1-2-3-7-17(9-12(16)18)13-10(8-15)5-4-6-11(13)14/h4-6H,2-3,7-9,15H2,1H3,(H2,16,18). The molecule has 0 atom stereocenters. The first-order valence-electron chi connectivity index (χ1n) is 6.10. The number of rotatable bonds is 7. The molecule has 0 aliphatic rings. The SMILES string of the molecule is CCCCN(CC(N)=O)c1c(F)cccc1CN. The summed E-state index contributed by atoms with van der Waals surface area (Å²) in [6, 6.07) is 4.75. The van der Waals surface area contributed by atoms with Gasteiger partial charge in [-0.2, -0.15) is 0 Å². The van der Waals surface area contributed by atoms with Crippen LogP contribution in [0.2, 0.25) is 0 Å². The first-order valence-corrected chi connectivity index (χ1v) is 6.10. The molecule has 1 amide bonds. The van der Waals surface area contributed by atoms with Gasteiger partial charge in [-0.05, 0) is 18.1 Å². The van der Waals surface area contributed by atoms with Crippen molar-refractivity contribution < 1.29 is 9.18 Å². The van der Waals surface area contributed by atoms with Crippen molar-refractivity contribution >= 4 is 11.6 Å². The fourth-order valence-corrected chi connectivity index (χ4v) is 1.89. The zero-order chi connectivity index (χ0) is 13.5. The lowest BCUT2D eigenvalue weighted by molar-refractivity contribution is -0.116. The third-order valence-electron chi connectivity index (χ3n) is 2.73. The lowest BCUT2D eigenvalue weighted by Gasteiger charge is -2.26. The molecule has 0 radical (unpaired) electrons. The molecule has 1 aromatic rings. The van der Waals surface area contributed by atoms with Gasteiger partial charge in [0.05, 0.1) is 12.2 Å². The number of primary amides is 1. The average Bonchev–Trinajstić information content (AvgIpc) is 2.34. The van der Waals surface area contributed by atoms with Gasteiger partial charge in [0.25, 0.3) is 0 Å². The van der Waals surface area contributed by atoms with E-state index in [0.717, 1.165) is 12.8 Å². The number of benzene rings is 1. The molecular weight excluding hydrogens is 233 g/mol. The number of carbonyl (C=O) groups excluding carboxylic acids is 1. The van der Waals surface area contributed by atoms with Crippen LogP contribution >= 0.6 is 0 Å². The molecule has 1 rings (SSSR count). The fraction of sp³-hybridized carbons (Fsp3) is 0.462. The molecule has 0 heterocycles. The van der Waals surface area contributed by atoms with Crippen molar-refractivity contribution in [2.45, 2.75) is 26.3 Å². The lowest BCUT2D eigenvalue weighted by Crippen LogP contribution is -2.36. The van der Waals surface area contributed by atoms with Gasteiger partial charge >= 0.3 is 0 Å².